The first kappa shape index (κ1) is 19.0. The van der Waals surface area contributed by atoms with Gasteiger partial charge in [0.25, 0.3) is 0 Å². The van der Waals surface area contributed by atoms with E-state index in [4.69, 9.17) is 0 Å². The van der Waals surface area contributed by atoms with Gasteiger partial charge in [0.1, 0.15) is 5.75 Å². The van der Waals surface area contributed by atoms with Crippen molar-refractivity contribution in [2.75, 3.05) is 0 Å². The van der Waals surface area contributed by atoms with Crippen LogP contribution in [0.2, 0.25) is 0 Å². The molecule has 0 saturated carbocycles. The number of rotatable bonds is 10. The zero-order valence-corrected chi connectivity index (χ0v) is 14.9. The van der Waals surface area contributed by atoms with Crippen molar-refractivity contribution in [2.24, 2.45) is 0 Å². The first-order chi connectivity index (χ1) is 10.6. The van der Waals surface area contributed by atoms with Gasteiger partial charge in [-0.2, -0.15) is 0 Å². The molecule has 2 nitrogen and oxygen atoms in total. The van der Waals surface area contributed by atoms with Crippen molar-refractivity contribution in [2.45, 2.75) is 91.6 Å². The molecule has 0 aliphatic heterocycles. The molecule has 0 heterocycles. The third-order valence-electron chi connectivity index (χ3n) is 4.47. The molecule has 1 rings (SSSR count). The molecule has 1 aromatic rings. The smallest absolute Gasteiger partial charge is 0.119 e. The van der Waals surface area contributed by atoms with E-state index in [2.05, 4.69) is 20.8 Å². The van der Waals surface area contributed by atoms with Gasteiger partial charge in [0, 0.05) is 0 Å². The Balaban J connectivity index is 3.35. The number of aliphatic hydroxyl groups excluding tert-OH is 1. The Labute approximate surface area is 136 Å². The number of aromatic hydroxyl groups is 1. The predicted octanol–water partition coefficient (Wildman–Crippen LogP) is 5.47. The van der Waals surface area contributed by atoms with Gasteiger partial charge >= 0.3 is 0 Å². The van der Waals surface area contributed by atoms with Crippen molar-refractivity contribution in [1.82, 2.24) is 0 Å². The summed E-state index contributed by atoms with van der Waals surface area (Å²) < 4.78 is 0. The second-order valence-corrected chi connectivity index (χ2v) is 6.41. The zero-order valence-electron chi connectivity index (χ0n) is 14.9. The Hall–Kier alpha value is -1.02. The highest BCUT2D eigenvalue weighted by atomic mass is 16.3. The van der Waals surface area contributed by atoms with Crippen LogP contribution < -0.4 is 0 Å². The second-order valence-electron chi connectivity index (χ2n) is 6.41. The summed E-state index contributed by atoms with van der Waals surface area (Å²) in [5, 5.41) is 20.6. The van der Waals surface area contributed by atoms with Gasteiger partial charge in [-0.3, -0.25) is 0 Å². The van der Waals surface area contributed by atoms with Crippen LogP contribution in [0.15, 0.2) is 6.07 Å². The average Bonchev–Trinajstić information content (AvgIpc) is 2.50. The summed E-state index contributed by atoms with van der Waals surface area (Å²) in [6, 6.07) is 1.82. The van der Waals surface area contributed by atoms with Crippen LogP contribution in [0.25, 0.3) is 0 Å². The Morgan fingerprint density at radius 2 is 1.27 bits per heavy atom. The van der Waals surface area contributed by atoms with Crippen molar-refractivity contribution >= 4 is 0 Å². The normalized spacial score (nSPS) is 12.6. The molecule has 0 saturated heterocycles. The monoisotopic (exact) mass is 306 g/mol. The Morgan fingerprint density at radius 3 is 1.73 bits per heavy atom. The molecule has 0 amide bonds. The van der Waals surface area contributed by atoms with E-state index in [0.717, 1.165) is 68.9 Å². The summed E-state index contributed by atoms with van der Waals surface area (Å²) in [7, 11) is 0. The van der Waals surface area contributed by atoms with E-state index in [-0.39, 0.29) is 0 Å². The van der Waals surface area contributed by atoms with Gasteiger partial charge < -0.3 is 10.2 Å². The van der Waals surface area contributed by atoms with Crippen LogP contribution in [0.5, 0.6) is 5.75 Å². The molecule has 0 bridgehead atoms. The summed E-state index contributed by atoms with van der Waals surface area (Å²) in [5.74, 6) is 0.385. The van der Waals surface area contributed by atoms with Gasteiger partial charge in [-0.15, -0.1) is 0 Å². The van der Waals surface area contributed by atoms with Crippen LogP contribution in [0, 0.1) is 0 Å². The van der Waals surface area contributed by atoms with E-state index in [9.17, 15) is 10.2 Å². The minimum absolute atomic E-state index is 0.385. The maximum atomic E-state index is 10.5. The van der Waals surface area contributed by atoms with E-state index in [1.807, 2.05) is 6.07 Å². The van der Waals surface area contributed by atoms with Crippen LogP contribution in [0.1, 0.15) is 94.6 Å². The van der Waals surface area contributed by atoms with Crippen molar-refractivity contribution < 1.29 is 10.2 Å². The van der Waals surface area contributed by atoms with E-state index in [0.29, 0.717) is 5.75 Å². The molecule has 0 aliphatic rings. The molecular weight excluding hydrogens is 272 g/mol. The molecule has 1 atom stereocenters. The van der Waals surface area contributed by atoms with E-state index in [1.165, 1.54) is 11.1 Å². The molecule has 0 aromatic heterocycles. The van der Waals surface area contributed by atoms with Crippen LogP contribution in [-0.2, 0) is 19.3 Å². The van der Waals surface area contributed by atoms with Crippen molar-refractivity contribution in [3.63, 3.8) is 0 Å². The Kier molecular flexibility index (Phi) is 8.55. The predicted molar refractivity (Wildman–Crippen MR) is 94.6 cm³/mol. The SMILES string of the molecule is CCCCc1c(O)cc(C(C)O)c(CCCC)c1CCCC. The fourth-order valence-corrected chi connectivity index (χ4v) is 3.14. The molecule has 0 radical (unpaired) electrons. The molecule has 22 heavy (non-hydrogen) atoms. The molecule has 1 aromatic carbocycles. The summed E-state index contributed by atoms with van der Waals surface area (Å²) in [6.07, 6.45) is 9.27. The van der Waals surface area contributed by atoms with Crippen LogP contribution >= 0.6 is 0 Å². The van der Waals surface area contributed by atoms with Gasteiger partial charge in [0.15, 0.2) is 0 Å². The summed E-state index contributed by atoms with van der Waals surface area (Å²) in [4.78, 5) is 0. The lowest BCUT2D eigenvalue weighted by atomic mass is 9.85. The molecule has 0 aliphatic carbocycles. The van der Waals surface area contributed by atoms with Gasteiger partial charge in [0.2, 0.25) is 0 Å². The quantitative estimate of drug-likeness (QED) is 0.601. The maximum absolute atomic E-state index is 10.5. The number of unbranched alkanes of at least 4 members (excludes halogenated alkanes) is 3. The highest BCUT2D eigenvalue weighted by Crippen LogP contribution is 2.34. The van der Waals surface area contributed by atoms with Crippen molar-refractivity contribution in [1.29, 1.82) is 0 Å². The summed E-state index contributed by atoms with van der Waals surface area (Å²) >= 11 is 0. The van der Waals surface area contributed by atoms with Gasteiger partial charge in [-0.1, -0.05) is 40.0 Å². The lowest BCUT2D eigenvalue weighted by Crippen LogP contribution is -2.08. The first-order valence-electron chi connectivity index (χ1n) is 9.11. The van der Waals surface area contributed by atoms with Crippen LogP contribution in [-0.4, -0.2) is 10.2 Å². The fraction of sp³-hybridized carbons (Fsp3) is 0.700. The molecule has 2 heteroatoms. The van der Waals surface area contributed by atoms with Crippen molar-refractivity contribution in [3.05, 3.63) is 28.3 Å². The summed E-state index contributed by atoms with van der Waals surface area (Å²) in [5.41, 5.74) is 4.68. The topological polar surface area (TPSA) is 40.5 Å². The van der Waals surface area contributed by atoms with Gasteiger partial charge in [-0.25, -0.2) is 0 Å². The third kappa shape index (κ3) is 5.01. The highest BCUT2D eigenvalue weighted by molar-refractivity contribution is 5.50. The van der Waals surface area contributed by atoms with Gasteiger partial charge in [-0.05, 0) is 73.8 Å². The number of aliphatic hydroxyl groups is 1. The molecule has 0 fully saturated rings. The Bertz CT molecular complexity index is 450. The lowest BCUT2D eigenvalue weighted by molar-refractivity contribution is 0.197. The molecular formula is C20H34O2. The molecule has 1 unspecified atom stereocenters. The van der Waals surface area contributed by atoms with E-state index >= 15 is 0 Å². The van der Waals surface area contributed by atoms with E-state index in [1.54, 1.807) is 6.92 Å². The van der Waals surface area contributed by atoms with Crippen LogP contribution in [0.3, 0.4) is 0 Å². The Morgan fingerprint density at radius 1 is 0.818 bits per heavy atom. The maximum Gasteiger partial charge on any atom is 0.119 e. The minimum atomic E-state index is -0.515. The highest BCUT2D eigenvalue weighted by Gasteiger charge is 2.19. The minimum Gasteiger partial charge on any atom is -0.508 e. The number of hydrogen-bond donors (Lipinski definition) is 2. The number of hydrogen-bond acceptors (Lipinski definition) is 2. The largest absolute Gasteiger partial charge is 0.508 e. The lowest BCUT2D eigenvalue weighted by Gasteiger charge is -2.22. The molecule has 126 valence electrons. The second kappa shape index (κ2) is 9.89. The average molecular weight is 306 g/mol. The number of phenols is 1. The standard InChI is InChI=1S/C20H34O2/c1-5-8-11-16-17(12-9-6-2)19(15(4)21)14-20(22)18(16)13-10-7-3/h14-15,21-22H,5-13H2,1-4H3. The van der Waals surface area contributed by atoms with E-state index < -0.39 is 6.10 Å². The molecule has 2 N–H and O–H groups in total. The molecule has 0 spiro atoms. The third-order valence-corrected chi connectivity index (χ3v) is 4.47. The first-order valence-corrected chi connectivity index (χ1v) is 9.11. The zero-order chi connectivity index (χ0) is 16.5. The number of benzene rings is 1. The summed E-state index contributed by atoms with van der Waals surface area (Å²) in [6.45, 7) is 8.40. The number of phenolic OH excluding ortho intramolecular Hbond substituents is 1. The fourth-order valence-electron chi connectivity index (χ4n) is 3.14. The van der Waals surface area contributed by atoms with Crippen LogP contribution in [0.4, 0.5) is 0 Å². The van der Waals surface area contributed by atoms with Crippen molar-refractivity contribution in [3.8, 4) is 5.75 Å². The van der Waals surface area contributed by atoms with Gasteiger partial charge in [0.05, 0.1) is 6.10 Å².